The number of benzene rings is 2. The fourth-order valence-corrected chi connectivity index (χ4v) is 2.61. The lowest BCUT2D eigenvalue weighted by Gasteiger charge is -2.22. The number of hydrogen-bond donors (Lipinski definition) is 1. The van der Waals surface area contributed by atoms with Gasteiger partial charge in [0.05, 0.1) is 5.54 Å². The van der Waals surface area contributed by atoms with Crippen LogP contribution < -0.4 is 5.73 Å². The molecule has 0 bridgehead atoms. The molecule has 0 unspecified atom stereocenters. The van der Waals surface area contributed by atoms with Crippen molar-refractivity contribution < 1.29 is 4.79 Å². The summed E-state index contributed by atoms with van der Waals surface area (Å²) in [4.78, 5) is 14.0. The number of rotatable bonds is 4. The summed E-state index contributed by atoms with van der Waals surface area (Å²) in [6, 6.07) is 18.4. The van der Waals surface area contributed by atoms with E-state index in [0.717, 1.165) is 18.4 Å². The zero-order valence-corrected chi connectivity index (χ0v) is 12.3. The minimum atomic E-state index is -0.601. The molecule has 108 valence electrons. The van der Waals surface area contributed by atoms with E-state index in [-0.39, 0.29) is 5.91 Å². The molecule has 1 fully saturated rings. The molecule has 2 N–H and O–H groups in total. The smallest absolute Gasteiger partial charge is 0.242 e. The van der Waals surface area contributed by atoms with E-state index in [4.69, 9.17) is 5.73 Å². The van der Waals surface area contributed by atoms with Gasteiger partial charge in [-0.25, -0.2) is 0 Å². The van der Waals surface area contributed by atoms with Crippen molar-refractivity contribution in [2.24, 2.45) is 5.73 Å². The normalized spacial score (nSPS) is 15.5. The largest absolute Gasteiger partial charge is 0.340 e. The molecule has 0 atom stereocenters. The van der Waals surface area contributed by atoms with Crippen molar-refractivity contribution >= 4 is 5.91 Å². The van der Waals surface area contributed by atoms with E-state index in [2.05, 4.69) is 24.3 Å². The van der Waals surface area contributed by atoms with Crippen molar-refractivity contribution in [1.29, 1.82) is 0 Å². The molecule has 3 rings (SSSR count). The van der Waals surface area contributed by atoms with Crippen LogP contribution in [-0.2, 0) is 11.3 Å². The molecular formula is C18H20N2O. The minimum absolute atomic E-state index is 0.0466. The second kappa shape index (κ2) is 5.34. The van der Waals surface area contributed by atoms with Crippen molar-refractivity contribution in [2.45, 2.75) is 24.9 Å². The van der Waals surface area contributed by atoms with Crippen molar-refractivity contribution in [2.75, 3.05) is 7.05 Å². The monoisotopic (exact) mass is 280 g/mol. The lowest BCUT2D eigenvalue weighted by atomic mass is 9.99. The summed E-state index contributed by atoms with van der Waals surface area (Å²) < 4.78 is 0. The minimum Gasteiger partial charge on any atom is -0.340 e. The highest BCUT2D eigenvalue weighted by molar-refractivity contribution is 5.89. The first kappa shape index (κ1) is 13.8. The standard InChI is InChI=1S/C18H20N2O/c1-20(17(21)18(19)11-12-18)13-15-9-5-6-10-16(15)14-7-3-2-4-8-14/h2-10H,11-13,19H2,1H3. The zero-order chi connectivity index (χ0) is 14.9. The van der Waals surface area contributed by atoms with Gasteiger partial charge in [-0.1, -0.05) is 54.6 Å². The quantitative estimate of drug-likeness (QED) is 0.936. The van der Waals surface area contributed by atoms with Gasteiger partial charge in [-0.15, -0.1) is 0 Å². The molecule has 1 amide bonds. The van der Waals surface area contributed by atoms with E-state index in [9.17, 15) is 4.79 Å². The number of carbonyl (C=O) groups is 1. The van der Waals surface area contributed by atoms with E-state index in [0.29, 0.717) is 6.54 Å². The topological polar surface area (TPSA) is 46.3 Å². The Hall–Kier alpha value is -2.13. The Morgan fingerprint density at radius 3 is 2.38 bits per heavy atom. The van der Waals surface area contributed by atoms with Crippen LogP contribution in [0.15, 0.2) is 54.6 Å². The third-order valence-corrected chi connectivity index (χ3v) is 4.07. The molecule has 0 aliphatic heterocycles. The summed E-state index contributed by atoms with van der Waals surface area (Å²) in [6.45, 7) is 0.586. The van der Waals surface area contributed by atoms with E-state index in [1.165, 1.54) is 11.1 Å². The number of nitrogens with zero attached hydrogens (tertiary/aromatic N) is 1. The molecule has 1 aliphatic rings. The van der Waals surface area contributed by atoms with Crippen molar-refractivity contribution in [1.82, 2.24) is 4.90 Å². The van der Waals surface area contributed by atoms with Gasteiger partial charge in [-0.05, 0) is 29.5 Å². The van der Waals surface area contributed by atoms with Crippen molar-refractivity contribution in [3.63, 3.8) is 0 Å². The summed E-state index contributed by atoms with van der Waals surface area (Å²) in [7, 11) is 1.83. The number of carbonyl (C=O) groups excluding carboxylic acids is 1. The van der Waals surface area contributed by atoms with Crippen LogP contribution in [0.2, 0.25) is 0 Å². The maximum Gasteiger partial charge on any atom is 0.242 e. The summed E-state index contributed by atoms with van der Waals surface area (Å²) >= 11 is 0. The van der Waals surface area contributed by atoms with Crippen LogP contribution in [0.1, 0.15) is 18.4 Å². The highest BCUT2D eigenvalue weighted by Gasteiger charge is 2.47. The van der Waals surface area contributed by atoms with Crippen LogP contribution in [0.25, 0.3) is 11.1 Å². The summed E-state index contributed by atoms with van der Waals surface area (Å²) in [5, 5.41) is 0. The van der Waals surface area contributed by atoms with Gasteiger partial charge in [0, 0.05) is 13.6 Å². The molecule has 0 saturated heterocycles. The Bertz CT molecular complexity index is 647. The molecule has 21 heavy (non-hydrogen) atoms. The van der Waals surface area contributed by atoms with Crippen molar-refractivity contribution in [3.05, 3.63) is 60.2 Å². The van der Waals surface area contributed by atoms with E-state index in [1.807, 2.05) is 37.4 Å². The third-order valence-electron chi connectivity index (χ3n) is 4.07. The lowest BCUT2D eigenvalue weighted by molar-refractivity contribution is -0.132. The maximum atomic E-state index is 12.3. The van der Waals surface area contributed by atoms with Crippen LogP contribution in [-0.4, -0.2) is 23.4 Å². The first-order chi connectivity index (χ1) is 10.1. The van der Waals surface area contributed by atoms with Gasteiger partial charge in [0.1, 0.15) is 0 Å². The van der Waals surface area contributed by atoms with E-state index >= 15 is 0 Å². The predicted molar refractivity (Wildman–Crippen MR) is 84.5 cm³/mol. The second-order valence-corrected chi connectivity index (χ2v) is 5.84. The molecule has 3 nitrogen and oxygen atoms in total. The molecule has 2 aromatic rings. The summed E-state index contributed by atoms with van der Waals surface area (Å²) in [5.74, 6) is 0.0466. The Kier molecular flexibility index (Phi) is 3.52. The Morgan fingerprint density at radius 1 is 1.10 bits per heavy atom. The third kappa shape index (κ3) is 2.83. The van der Waals surface area contributed by atoms with Gasteiger partial charge in [-0.2, -0.15) is 0 Å². The van der Waals surface area contributed by atoms with Crippen LogP contribution in [0, 0.1) is 0 Å². The highest BCUT2D eigenvalue weighted by Crippen LogP contribution is 2.34. The molecule has 0 radical (unpaired) electrons. The van der Waals surface area contributed by atoms with Gasteiger partial charge in [0.2, 0.25) is 5.91 Å². The number of hydrogen-bond acceptors (Lipinski definition) is 2. The Morgan fingerprint density at radius 2 is 1.71 bits per heavy atom. The number of nitrogens with two attached hydrogens (primary N) is 1. The second-order valence-electron chi connectivity index (χ2n) is 5.84. The molecule has 1 saturated carbocycles. The molecule has 0 heterocycles. The molecular weight excluding hydrogens is 260 g/mol. The predicted octanol–water partition coefficient (Wildman–Crippen LogP) is 2.80. The molecule has 2 aromatic carbocycles. The van der Waals surface area contributed by atoms with Gasteiger partial charge in [-0.3, -0.25) is 4.79 Å². The molecule has 3 heteroatoms. The summed E-state index contributed by atoms with van der Waals surface area (Å²) in [6.07, 6.45) is 1.60. The average molecular weight is 280 g/mol. The number of amides is 1. The fraction of sp³-hybridized carbons (Fsp3) is 0.278. The van der Waals surface area contributed by atoms with Gasteiger partial charge in [0.25, 0.3) is 0 Å². The van der Waals surface area contributed by atoms with Crippen LogP contribution in [0.3, 0.4) is 0 Å². The van der Waals surface area contributed by atoms with Gasteiger partial charge < -0.3 is 10.6 Å². The highest BCUT2D eigenvalue weighted by atomic mass is 16.2. The fourth-order valence-electron chi connectivity index (χ4n) is 2.61. The Balaban J connectivity index is 1.84. The zero-order valence-electron chi connectivity index (χ0n) is 12.3. The van der Waals surface area contributed by atoms with Gasteiger partial charge >= 0.3 is 0 Å². The first-order valence-electron chi connectivity index (χ1n) is 7.28. The molecule has 1 aliphatic carbocycles. The van der Waals surface area contributed by atoms with Crippen LogP contribution in [0.4, 0.5) is 0 Å². The van der Waals surface area contributed by atoms with E-state index < -0.39 is 5.54 Å². The number of likely N-dealkylation sites (N-methyl/N-ethyl adjacent to an activating group) is 1. The summed E-state index contributed by atoms with van der Waals surface area (Å²) in [5.41, 5.74) is 8.88. The van der Waals surface area contributed by atoms with E-state index in [1.54, 1.807) is 4.90 Å². The lowest BCUT2D eigenvalue weighted by Crippen LogP contribution is -2.43. The Labute approximate surface area is 125 Å². The molecule has 0 spiro atoms. The van der Waals surface area contributed by atoms with Crippen LogP contribution >= 0.6 is 0 Å². The van der Waals surface area contributed by atoms with Gasteiger partial charge in [0.15, 0.2) is 0 Å². The molecule has 0 aromatic heterocycles. The maximum absolute atomic E-state index is 12.3. The van der Waals surface area contributed by atoms with Crippen LogP contribution in [0.5, 0.6) is 0 Å². The average Bonchev–Trinajstić information content (AvgIpc) is 3.27. The first-order valence-corrected chi connectivity index (χ1v) is 7.28. The SMILES string of the molecule is CN(Cc1ccccc1-c1ccccc1)C(=O)C1(N)CC1. The van der Waals surface area contributed by atoms with Crippen molar-refractivity contribution in [3.8, 4) is 11.1 Å².